The molecule has 0 saturated carbocycles. The van der Waals surface area contributed by atoms with Crippen molar-refractivity contribution in [2.75, 3.05) is 31.6 Å². The summed E-state index contributed by atoms with van der Waals surface area (Å²) in [6.45, 7) is 7.79. The second-order valence-corrected chi connectivity index (χ2v) is 10.1. The molecular formula is C30H41N3O4. The van der Waals surface area contributed by atoms with Crippen LogP contribution in [0.15, 0.2) is 48.0 Å². The highest BCUT2D eigenvalue weighted by atomic mass is 16.5. The van der Waals surface area contributed by atoms with E-state index in [1.807, 2.05) is 51.1 Å². The van der Waals surface area contributed by atoms with E-state index in [0.29, 0.717) is 56.9 Å². The molecule has 1 aliphatic heterocycles. The minimum Gasteiger partial charge on any atom is -0.465 e. The van der Waals surface area contributed by atoms with Crippen LogP contribution in [0.1, 0.15) is 57.6 Å². The standard InChI is InChI=1S/C30H41N3O4/c1-4-14-33(15-5-16-34)30(36)26-17-25-12-11-24(18-27(25)32-28(31)19-26)23-9-6-22(7-10-23)8-13-29(35)37-20-21(2)3/h6-7,9-12,17-18,21,28,32,34H,4-5,8,13-16,19-20,31H2,1-3H3. The van der Waals surface area contributed by atoms with E-state index in [9.17, 15) is 14.7 Å². The number of nitrogens with one attached hydrogen (secondary N) is 1. The van der Waals surface area contributed by atoms with Gasteiger partial charge < -0.3 is 25.8 Å². The van der Waals surface area contributed by atoms with Crippen LogP contribution in [0.25, 0.3) is 17.2 Å². The van der Waals surface area contributed by atoms with Crippen molar-refractivity contribution in [1.29, 1.82) is 0 Å². The average molecular weight is 508 g/mol. The third-order valence-electron chi connectivity index (χ3n) is 6.29. The lowest BCUT2D eigenvalue weighted by Gasteiger charge is -2.24. The van der Waals surface area contributed by atoms with Gasteiger partial charge in [0.05, 0.1) is 12.8 Å². The molecule has 1 heterocycles. The molecule has 200 valence electrons. The quantitative estimate of drug-likeness (QED) is 0.363. The van der Waals surface area contributed by atoms with Gasteiger partial charge >= 0.3 is 5.97 Å². The first-order valence-electron chi connectivity index (χ1n) is 13.3. The Morgan fingerprint density at radius 3 is 2.54 bits per heavy atom. The van der Waals surface area contributed by atoms with Gasteiger partial charge in [-0.15, -0.1) is 0 Å². The zero-order chi connectivity index (χ0) is 26.8. The molecule has 0 saturated heterocycles. The van der Waals surface area contributed by atoms with Crippen molar-refractivity contribution < 1.29 is 19.4 Å². The number of hydrogen-bond donors (Lipinski definition) is 3. The van der Waals surface area contributed by atoms with Crippen molar-refractivity contribution in [3.05, 3.63) is 59.2 Å². The van der Waals surface area contributed by atoms with Crippen LogP contribution >= 0.6 is 0 Å². The number of nitrogens with zero attached hydrogens (tertiary/aromatic N) is 1. The van der Waals surface area contributed by atoms with E-state index in [1.165, 1.54) is 0 Å². The van der Waals surface area contributed by atoms with Gasteiger partial charge in [-0.2, -0.15) is 0 Å². The minimum atomic E-state index is -0.383. The predicted molar refractivity (Wildman–Crippen MR) is 149 cm³/mol. The molecule has 0 bridgehead atoms. The lowest BCUT2D eigenvalue weighted by atomic mass is 9.99. The SMILES string of the molecule is CCCN(CCCO)C(=O)C1=Cc2ccc(-c3ccc(CCC(=O)OCC(C)C)cc3)cc2NC(N)C1. The number of aryl methyl sites for hydroxylation is 1. The molecule has 0 spiro atoms. The highest BCUT2D eigenvalue weighted by molar-refractivity contribution is 5.99. The average Bonchev–Trinajstić information content (AvgIpc) is 3.05. The number of aliphatic hydroxyl groups excluding tert-OH is 1. The summed E-state index contributed by atoms with van der Waals surface area (Å²) in [6.07, 6.45) is 4.41. The molecule has 3 rings (SSSR count). The Balaban J connectivity index is 1.73. The van der Waals surface area contributed by atoms with E-state index >= 15 is 0 Å². The van der Waals surface area contributed by atoms with Crippen molar-refractivity contribution in [2.24, 2.45) is 11.7 Å². The van der Waals surface area contributed by atoms with Crippen molar-refractivity contribution in [2.45, 2.75) is 59.0 Å². The molecule has 4 N–H and O–H groups in total. The molecule has 0 radical (unpaired) electrons. The smallest absolute Gasteiger partial charge is 0.306 e. The summed E-state index contributed by atoms with van der Waals surface area (Å²) in [5.74, 6) is 0.152. The van der Waals surface area contributed by atoms with E-state index in [0.717, 1.165) is 34.4 Å². The Hall–Kier alpha value is -3.16. The molecule has 7 nitrogen and oxygen atoms in total. The van der Waals surface area contributed by atoms with Crippen LogP contribution < -0.4 is 11.1 Å². The maximum absolute atomic E-state index is 13.2. The van der Waals surface area contributed by atoms with Crippen molar-refractivity contribution in [3.63, 3.8) is 0 Å². The fraction of sp³-hybridized carbons (Fsp3) is 0.467. The van der Waals surface area contributed by atoms with Gasteiger partial charge in [0.2, 0.25) is 5.91 Å². The zero-order valence-corrected chi connectivity index (χ0v) is 22.3. The summed E-state index contributed by atoms with van der Waals surface area (Å²) in [5, 5.41) is 12.6. The van der Waals surface area contributed by atoms with E-state index in [-0.39, 0.29) is 24.6 Å². The maximum Gasteiger partial charge on any atom is 0.306 e. The molecule has 7 heteroatoms. The number of aliphatic hydroxyl groups is 1. The summed E-state index contributed by atoms with van der Waals surface area (Å²) >= 11 is 0. The van der Waals surface area contributed by atoms with Gasteiger partial charge in [-0.25, -0.2) is 0 Å². The van der Waals surface area contributed by atoms with Gasteiger partial charge in [-0.05, 0) is 59.6 Å². The molecule has 0 aliphatic carbocycles. The van der Waals surface area contributed by atoms with Crippen molar-refractivity contribution in [3.8, 4) is 11.1 Å². The highest BCUT2D eigenvalue weighted by Gasteiger charge is 2.23. The van der Waals surface area contributed by atoms with Gasteiger partial charge in [0, 0.05) is 43.8 Å². The Morgan fingerprint density at radius 1 is 1.14 bits per heavy atom. The number of anilines is 1. The first-order valence-corrected chi connectivity index (χ1v) is 13.3. The number of hydrogen-bond acceptors (Lipinski definition) is 6. The molecule has 0 fully saturated rings. The fourth-order valence-electron chi connectivity index (χ4n) is 4.36. The molecule has 37 heavy (non-hydrogen) atoms. The Bertz CT molecular complexity index is 1080. The molecule has 1 amide bonds. The number of amides is 1. The number of carbonyl (C=O) groups excluding carboxylic acids is 2. The topological polar surface area (TPSA) is 105 Å². The summed E-state index contributed by atoms with van der Waals surface area (Å²) in [4.78, 5) is 27.0. The number of fused-ring (bicyclic) bond motifs is 1. The van der Waals surface area contributed by atoms with Crippen LogP contribution in [0.2, 0.25) is 0 Å². The van der Waals surface area contributed by atoms with Crippen LogP contribution in [-0.2, 0) is 20.7 Å². The van der Waals surface area contributed by atoms with Gasteiger partial charge in [0.25, 0.3) is 0 Å². The maximum atomic E-state index is 13.2. The third kappa shape index (κ3) is 8.44. The number of esters is 1. The number of benzene rings is 2. The Morgan fingerprint density at radius 2 is 1.86 bits per heavy atom. The normalized spacial score (nSPS) is 14.9. The molecular weight excluding hydrogens is 466 g/mol. The van der Waals surface area contributed by atoms with Crippen LogP contribution in [0.4, 0.5) is 5.69 Å². The number of carbonyl (C=O) groups is 2. The summed E-state index contributed by atoms with van der Waals surface area (Å²) in [7, 11) is 0. The fourth-order valence-corrected chi connectivity index (χ4v) is 4.36. The third-order valence-corrected chi connectivity index (χ3v) is 6.29. The summed E-state index contributed by atoms with van der Waals surface area (Å²) in [6, 6.07) is 14.3. The second-order valence-electron chi connectivity index (χ2n) is 10.1. The molecule has 2 aromatic rings. The predicted octanol–water partition coefficient (Wildman–Crippen LogP) is 4.59. The lowest BCUT2D eigenvalue weighted by Crippen LogP contribution is -2.37. The van der Waals surface area contributed by atoms with Gasteiger partial charge in [-0.1, -0.05) is 57.2 Å². The second kappa shape index (κ2) is 14.0. The van der Waals surface area contributed by atoms with E-state index < -0.39 is 0 Å². The Labute approximate surface area is 220 Å². The molecule has 0 aromatic heterocycles. The van der Waals surface area contributed by atoms with Crippen LogP contribution in [0.5, 0.6) is 0 Å². The Kier molecular flexibility index (Phi) is 10.7. The molecule has 1 aliphatic rings. The first kappa shape index (κ1) is 28.4. The van der Waals surface area contributed by atoms with Crippen molar-refractivity contribution in [1.82, 2.24) is 4.90 Å². The number of rotatable bonds is 12. The minimum absolute atomic E-state index is 0.0202. The van der Waals surface area contributed by atoms with Gasteiger partial charge in [0.1, 0.15) is 0 Å². The van der Waals surface area contributed by atoms with E-state index in [4.69, 9.17) is 10.5 Å². The largest absolute Gasteiger partial charge is 0.465 e. The number of ether oxygens (including phenoxy) is 1. The first-order chi connectivity index (χ1) is 17.8. The summed E-state index contributed by atoms with van der Waals surface area (Å²) in [5.41, 5.74) is 12.0. The summed E-state index contributed by atoms with van der Waals surface area (Å²) < 4.78 is 5.26. The van der Waals surface area contributed by atoms with E-state index in [2.05, 4.69) is 23.5 Å². The monoisotopic (exact) mass is 507 g/mol. The van der Waals surface area contributed by atoms with Crippen LogP contribution in [-0.4, -0.2) is 54.4 Å². The van der Waals surface area contributed by atoms with Crippen molar-refractivity contribution >= 4 is 23.6 Å². The van der Waals surface area contributed by atoms with Crippen LogP contribution in [0, 0.1) is 5.92 Å². The number of nitrogens with two attached hydrogens (primary N) is 1. The van der Waals surface area contributed by atoms with Gasteiger partial charge in [-0.3, -0.25) is 9.59 Å². The lowest BCUT2D eigenvalue weighted by molar-refractivity contribution is -0.144. The highest BCUT2D eigenvalue weighted by Crippen LogP contribution is 2.31. The molecule has 1 unspecified atom stereocenters. The molecule has 2 aromatic carbocycles. The zero-order valence-electron chi connectivity index (χ0n) is 22.3. The molecule has 1 atom stereocenters. The van der Waals surface area contributed by atoms with Crippen LogP contribution in [0.3, 0.4) is 0 Å². The van der Waals surface area contributed by atoms with E-state index in [1.54, 1.807) is 4.90 Å². The van der Waals surface area contributed by atoms with Gasteiger partial charge in [0.15, 0.2) is 0 Å².